The number of nitrogens with one attached hydrogen (secondary N) is 2. The quantitative estimate of drug-likeness (QED) is 0.742. The third-order valence-electron chi connectivity index (χ3n) is 3.08. The number of benzene rings is 1. The number of rotatable bonds is 3. The summed E-state index contributed by atoms with van der Waals surface area (Å²) in [5.41, 5.74) is 2.09. The van der Waals surface area contributed by atoms with Gasteiger partial charge in [-0.1, -0.05) is 41.9 Å². The number of pyridine rings is 1. The van der Waals surface area contributed by atoms with E-state index in [0.29, 0.717) is 16.0 Å². The minimum Gasteiger partial charge on any atom is -0.356 e. The van der Waals surface area contributed by atoms with E-state index < -0.39 is 0 Å². The summed E-state index contributed by atoms with van der Waals surface area (Å²) >= 11 is 14.8. The van der Waals surface area contributed by atoms with Crippen molar-refractivity contribution < 1.29 is 0 Å². The van der Waals surface area contributed by atoms with Crippen LogP contribution < -0.4 is 10.6 Å². The van der Waals surface area contributed by atoms with Crippen molar-refractivity contribution in [2.24, 2.45) is 0 Å². The molecule has 0 aliphatic rings. The summed E-state index contributed by atoms with van der Waals surface area (Å²) in [7, 11) is 0. The molecule has 0 radical (unpaired) electrons. The van der Waals surface area contributed by atoms with Crippen molar-refractivity contribution in [2.45, 2.75) is 19.9 Å². The van der Waals surface area contributed by atoms with Crippen LogP contribution in [0.3, 0.4) is 0 Å². The van der Waals surface area contributed by atoms with Gasteiger partial charge in [0, 0.05) is 6.20 Å². The second kappa shape index (κ2) is 7.20. The van der Waals surface area contributed by atoms with E-state index in [-0.39, 0.29) is 6.04 Å². The van der Waals surface area contributed by atoms with E-state index in [2.05, 4.69) is 50.6 Å². The fraction of sp³-hybridized carbons (Fsp3) is 0.200. The van der Waals surface area contributed by atoms with Gasteiger partial charge in [0.2, 0.25) is 0 Å². The summed E-state index contributed by atoms with van der Waals surface area (Å²) in [5, 5.41) is 7.44. The summed E-state index contributed by atoms with van der Waals surface area (Å²) in [4.78, 5) is 4.24. The Morgan fingerprint density at radius 3 is 2.67 bits per heavy atom. The van der Waals surface area contributed by atoms with Crippen LogP contribution in [0.2, 0.25) is 5.02 Å². The molecule has 0 aliphatic carbocycles. The molecular weight excluding hydrogens is 370 g/mol. The molecule has 2 rings (SSSR count). The second-order valence-corrected chi connectivity index (χ2v) is 6.23. The van der Waals surface area contributed by atoms with Crippen LogP contribution in [-0.2, 0) is 0 Å². The maximum absolute atomic E-state index is 6.02. The van der Waals surface area contributed by atoms with Gasteiger partial charge < -0.3 is 10.6 Å². The Labute approximate surface area is 143 Å². The molecular formula is C15H15BrClN3S. The first-order chi connectivity index (χ1) is 9.99. The Kier molecular flexibility index (Phi) is 5.56. The first-order valence-corrected chi connectivity index (χ1v) is 8.00. The molecule has 110 valence electrons. The molecule has 0 aliphatic heterocycles. The van der Waals surface area contributed by atoms with Gasteiger partial charge >= 0.3 is 0 Å². The van der Waals surface area contributed by atoms with Crippen LogP contribution in [0.1, 0.15) is 24.1 Å². The minimum atomic E-state index is 0.110. The lowest BCUT2D eigenvalue weighted by molar-refractivity contribution is 0.722. The van der Waals surface area contributed by atoms with Gasteiger partial charge in [-0.3, -0.25) is 0 Å². The Bertz CT molecular complexity index is 649. The van der Waals surface area contributed by atoms with Crippen molar-refractivity contribution in [1.82, 2.24) is 10.3 Å². The highest BCUT2D eigenvalue weighted by Crippen LogP contribution is 2.29. The average molecular weight is 385 g/mol. The molecule has 3 nitrogen and oxygen atoms in total. The molecule has 21 heavy (non-hydrogen) atoms. The number of anilines is 1. The predicted molar refractivity (Wildman–Crippen MR) is 95.9 cm³/mol. The SMILES string of the molecule is Cc1c(Cl)cnc(NC(=S)NC(C)c2ccccc2)c1Br. The van der Waals surface area contributed by atoms with Gasteiger partial charge in [-0.05, 0) is 53.1 Å². The Morgan fingerprint density at radius 1 is 1.33 bits per heavy atom. The standard InChI is InChI=1S/C15H15BrClN3S/c1-9-12(17)8-18-14(13(9)16)20-15(21)19-10(2)11-6-4-3-5-7-11/h3-8,10H,1-2H3,(H2,18,19,20,21). The number of thiocarbonyl (C=S) groups is 1. The van der Waals surface area contributed by atoms with Crippen molar-refractivity contribution in [3.8, 4) is 0 Å². The normalized spacial score (nSPS) is 11.8. The Morgan fingerprint density at radius 2 is 2.00 bits per heavy atom. The van der Waals surface area contributed by atoms with Crippen molar-refractivity contribution in [3.05, 3.63) is 57.2 Å². The van der Waals surface area contributed by atoms with Crippen LogP contribution in [0.15, 0.2) is 41.0 Å². The van der Waals surface area contributed by atoms with Gasteiger partial charge in [0.15, 0.2) is 5.11 Å². The third kappa shape index (κ3) is 4.15. The molecule has 1 heterocycles. The second-order valence-electron chi connectivity index (χ2n) is 4.62. The van der Waals surface area contributed by atoms with E-state index in [1.165, 1.54) is 5.56 Å². The molecule has 0 bridgehead atoms. The summed E-state index contributed by atoms with van der Waals surface area (Å²) in [5.74, 6) is 0.648. The van der Waals surface area contributed by atoms with Gasteiger partial charge in [-0.15, -0.1) is 0 Å². The zero-order chi connectivity index (χ0) is 15.4. The first kappa shape index (κ1) is 16.2. The monoisotopic (exact) mass is 383 g/mol. The number of aromatic nitrogens is 1. The average Bonchev–Trinajstić information content (AvgIpc) is 2.49. The fourth-order valence-corrected chi connectivity index (χ4v) is 2.76. The van der Waals surface area contributed by atoms with Crippen molar-refractivity contribution in [2.75, 3.05) is 5.32 Å². The Hall–Kier alpha value is -1.17. The lowest BCUT2D eigenvalue weighted by Gasteiger charge is -2.18. The lowest BCUT2D eigenvalue weighted by atomic mass is 10.1. The molecule has 0 saturated heterocycles. The maximum Gasteiger partial charge on any atom is 0.172 e. The van der Waals surface area contributed by atoms with E-state index in [0.717, 1.165) is 10.0 Å². The molecule has 0 amide bonds. The van der Waals surface area contributed by atoms with Crippen molar-refractivity contribution in [3.63, 3.8) is 0 Å². The van der Waals surface area contributed by atoms with Gasteiger partial charge in [-0.2, -0.15) is 0 Å². The van der Waals surface area contributed by atoms with Crippen molar-refractivity contribution >= 4 is 50.7 Å². The topological polar surface area (TPSA) is 37.0 Å². The van der Waals surface area contributed by atoms with E-state index in [1.807, 2.05) is 25.1 Å². The third-order valence-corrected chi connectivity index (χ3v) is 4.65. The predicted octanol–water partition coefficient (Wildman–Crippen LogP) is 4.85. The van der Waals surface area contributed by atoms with E-state index in [1.54, 1.807) is 6.20 Å². The molecule has 1 atom stereocenters. The summed E-state index contributed by atoms with van der Waals surface area (Å²) in [6.07, 6.45) is 1.60. The smallest absolute Gasteiger partial charge is 0.172 e. The molecule has 1 aromatic carbocycles. The largest absolute Gasteiger partial charge is 0.356 e. The summed E-state index contributed by atoms with van der Waals surface area (Å²) in [6, 6.07) is 10.2. The van der Waals surface area contributed by atoms with E-state index >= 15 is 0 Å². The number of hydrogen-bond acceptors (Lipinski definition) is 2. The molecule has 1 unspecified atom stereocenters. The lowest BCUT2D eigenvalue weighted by Crippen LogP contribution is -2.31. The number of halogens is 2. The van der Waals surface area contributed by atoms with Crippen LogP contribution in [-0.4, -0.2) is 10.1 Å². The molecule has 2 aromatic rings. The minimum absolute atomic E-state index is 0.110. The highest BCUT2D eigenvalue weighted by molar-refractivity contribution is 9.10. The van der Waals surface area contributed by atoms with Gasteiger partial charge in [0.1, 0.15) is 5.82 Å². The molecule has 2 N–H and O–H groups in total. The zero-order valence-electron chi connectivity index (χ0n) is 11.7. The van der Waals surface area contributed by atoms with Crippen LogP contribution >= 0.6 is 39.7 Å². The molecule has 1 aromatic heterocycles. The van der Waals surface area contributed by atoms with Crippen LogP contribution in [0, 0.1) is 6.92 Å². The Balaban J connectivity index is 2.04. The highest BCUT2D eigenvalue weighted by atomic mass is 79.9. The van der Waals surface area contributed by atoms with Crippen LogP contribution in [0.25, 0.3) is 0 Å². The highest BCUT2D eigenvalue weighted by Gasteiger charge is 2.11. The number of hydrogen-bond donors (Lipinski definition) is 2. The fourth-order valence-electron chi connectivity index (χ4n) is 1.81. The molecule has 0 saturated carbocycles. The van der Waals surface area contributed by atoms with Crippen LogP contribution in [0.5, 0.6) is 0 Å². The van der Waals surface area contributed by atoms with E-state index in [9.17, 15) is 0 Å². The van der Waals surface area contributed by atoms with Gasteiger partial charge in [-0.25, -0.2) is 4.98 Å². The van der Waals surface area contributed by atoms with Gasteiger partial charge in [0.25, 0.3) is 0 Å². The molecule has 6 heteroatoms. The van der Waals surface area contributed by atoms with Crippen molar-refractivity contribution in [1.29, 1.82) is 0 Å². The number of nitrogens with zero attached hydrogens (tertiary/aromatic N) is 1. The molecule has 0 spiro atoms. The van der Waals surface area contributed by atoms with Crippen LogP contribution in [0.4, 0.5) is 5.82 Å². The maximum atomic E-state index is 6.02. The van der Waals surface area contributed by atoms with Gasteiger partial charge in [0.05, 0.1) is 15.5 Å². The summed E-state index contributed by atoms with van der Waals surface area (Å²) in [6.45, 7) is 3.97. The summed E-state index contributed by atoms with van der Waals surface area (Å²) < 4.78 is 0.812. The first-order valence-electron chi connectivity index (χ1n) is 6.42. The molecule has 0 fully saturated rings. The van der Waals surface area contributed by atoms with E-state index in [4.69, 9.17) is 23.8 Å². The zero-order valence-corrected chi connectivity index (χ0v) is 14.8.